The first-order valence-corrected chi connectivity index (χ1v) is 6.72. The van der Waals surface area contributed by atoms with Crippen LogP contribution in [0.1, 0.15) is 30.4 Å². The van der Waals surface area contributed by atoms with Gasteiger partial charge in [-0.2, -0.15) is 5.10 Å². The molecule has 0 aliphatic heterocycles. The quantitative estimate of drug-likeness (QED) is 0.863. The van der Waals surface area contributed by atoms with E-state index in [9.17, 15) is 0 Å². The molecular weight excluding hydrogens is 238 g/mol. The van der Waals surface area contributed by atoms with E-state index in [1.54, 1.807) is 0 Å². The highest BCUT2D eigenvalue weighted by atomic mass is 15.2. The van der Waals surface area contributed by atoms with Crippen LogP contribution in [0.5, 0.6) is 0 Å². The van der Waals surface area contributed by atoms with Crippen molar-refractivity contribution in [3.8, 4) is 0 Å². The third-order valence-corrected chi connectivity index (χ3v) is 3.07. The molecule has 0 unspecified atom stereocenters. The Labute approximate surface area is 114 Å². The van der Waals surface area contributed by atoms with Gasteiger partial charge < -0.3 is 4.90 Å². The lowest BCUT2D eigenvalue weighted by atomic mass is 10.2. The van der Waals surface area contributed by atoms with E-state index < -0.39 is 0 Å². The normalized spacial score (nSPS) is 10.7. The molecule has 0 saturated heterocycles. The fourth-order valence-electron chi connectivity index (χ4n) is 2.02. The molecule has 2 heterocycles. The number of nitrogens with zero attached hydrogens (tertiary/aromatic N) is 4. The van der Waals surface area contributed by atoms with Crippen molar-refractivity contribution in [2.45, 2.75) is 33.1 Å². The summed E-state index contributed by atoms with van der Waals surface area (Å²) < 4.78 is 0. The lowest BCUT2D eigenvalue weighted by Gasteiger charge is -2.18. The minimum atomic E-state index is 0.844. The minimum absolute atomic E-state index is 0.844. The maximum absolute atomic E-state index is 4.51. The summed E-state index contributed by atoms with van der Waals surface area (Å²) in [6, 6.07) is 2.09. The number of likely N-dealkylation sites (N-methyl/N-ethyl adjacent to an activating group) is 1. The topological polar surface area (TPSA) is 57.7 Å². The van der Waals surface area contributed by atoms with Crippen LogP contribution < -0.4 is 4.90 Å². The largest absolute Gasteiger partial charge is 0.359 e. The zero-order valence-corrected chi connectivity index (χ0v) is 11.8. The van der Waals surface area contributed by atoms with E-state index in [2.05, 4.69) is 45.1 Å². The molecule has 0 radical (unpaired) electrons. The molecule has 0 atom stereocenters. The molecule has 0 aliphatic rings. The predicted molar refractivity (Wildman–Crippen MR) is 76.3 cm³/mol. The first kappa shape index (κ1) is 13.5. The molecule has 0 saturated carbocycles. The standard InChI is InChI=1S/C14H21N5/c1-4-5-13-8-14(18-11(2)17-13)19(3)7-6-12-9-15-16-10-12/h8-10H,4-7H2,1-3H3,(H,15,16). The van der Waals surface area contributed by atoms with Crippen molar-refractivity contribution in [3.63, 3.8) is 0 Å². The van der Waals surface area contributed by atoms with E-state index in [1.807, 2.05) is 19.3 Å². The summed E-state index contributed by atoms with van der Waals surface area (Å²) in [5.74, 6) is 1.84. The van der Waals surface area contributed by atoms with Crippen molar-refractivity contribution in [2.75, 3.05) is 18.5 Å². The first-order valence-electron chi connectivity index (χ1n) is 6.72. The van der Waals surface area contributed by atoms with Crippen molar-refractivity contribution in [2.24, 2.45) is 0 Å². The van der Waals surface area contributed by atoms with E-state index >= 15 is 0 Å². The van der Waals surface area contributed by atoms with Crippen LogP contribution in [0.25, 0.3) is 0 Å². The summed E-state index contributed by atoms with van der Waals surface area (Å²) in [5.41, 5.74) is 2.34. The van der Waals surface area contributed by atoms with E-state index in [1.165, 1.54) is 5.56 Å². The van der Waals surface area contributed by atoms with Crippen molar-refractivity contribution in [1.29, 1.82) is 0 Å². The van der Waals surface area contributed by atoms with Crippen molar-refractivity contribution in [1.82, 2.24) is 20.2 Å². The number of H-pyrrole nitrogens is 1. The fourth-order valence-corrected chi connectivity index (χ4v) is 2.02. The van der Waals surface area contributed by atoms with Gasteiger partial charge >= 0.3 is 0 Å². The molecule has 0 amide bonds. The van der Waals surface area contributed by atoms with E-state index in [0.29, 0.717) is 0 Å². The van der Waals surface area contributed by atoms with Gasteiger partial charge in [0.1, 0.15) is 11.6 Å². The number of hydrogen-bond acceptors (Lipinski definition) is 4. The molecular formula is C14H21N5. The Kier molecular flexibility index (Phi) is 4.49. The SMILES string of the molecule is CCCc1cc(N(C)CCc2cn[nH]c2)nc(C)n1. The number of aryl methyl sites for hydroxylation is 2. The lowest BCUT2D eigenvalue weighted by molar-refractivity contribution is 0.820. The van der Waals surface area contributed by atoms with Crippen molar-refractivity contribution >= 4 is 5.82 Å². The van der Waals surface area contributed by atoms with Crippen LogP contribution in [0.3, 0.4) is 0 Å². The Bertz CT molecular complexity index is 507. The van der Waals surface area contributed by atoms with Crippen molar-refractivity contribution in [3.05, 3.63) is 35.5 Å². The van der Waals surface area contributed by atoms with E-state index in [-0.39, 0.29) is 0 Å². The van der Waals surface area contributed by atoms with Crippen LogP contribution in [0.4, 0.5) is 5.82 Å². The van der Waals surface area contributed by atoms with Gasteiger partial charge in [0, 0.05) is 31.5 Å². The molecule has 1 N–H and O–H groups in total. The molecule has 0 spiro atoms. The third kappa shape index (κ3) is 3.77. The molecule has 2 rings (SSSR count). The smallest absolute Gasteiger partial charge is 0.132 e. The van der Waals surface area contributed by atoms with Gasteiger partial charge in [0.05, 0.1) is 6.20 Å². The molecule has 2 aromatic heterocycles. The number of aromatic nitrogens is 4. The Hall–Kier alpha value is -1.91. The van der Waals surface area contributed by atoms with E-state index in [4.69, 9.17) is 0 Å². The predicted octanol–water partition coefficient (Wildman–Crippen LogP) is 2.14. The van der Waals surface area contributed by atoms with Crippen LogP contribution in [-0.2, 0) is 12.8 Å². The van der Waals surface area contributed by atoms with Gasteiger partial charge in [-0.25, -0.2) is 9.97 Å². The fraction of sp³-hybridized carbons (Fsp3) is 0.500. The maximum Gasteiger partial charge on any atom is 0.132 e. The molecule has 0 aliphatic carbocycles. The number of aromatic amines is 1. The number of anilines is 1. The molecule has 2 aromatic rings. The second-order valence-electron chi connectivity index (χ2n) is 4.79. The summed E-state index contributed by atoms with van der Waals surface area (Å²) in [6.07, 6.45) is 6.86. The van der Waals surface area contributed by atoms with Gasteiger partial charge in [0.2, 0.25) is 0 Å². The molecule has 0 aromatic carbocycles. The van der Waals surface area contributed by atoms with Gasteiger partial charge in [-0.1, -0.05) is 13.3 Å². The second kappa shape index (κ2) is 6.31. The third-order valence-electron chi connectivity index (χ3n) is 3.07. The number of rotatable bonds is 6. The number of hydrogen-bond donors (Lipinski definition) is 1. The minimum Gasteiger partial charge on any atom is -0.359 e. The average Bonchev–Trinajstić information content (AvgIpc) is 2.88. The van der Waals surface area contributed by atoms with Crippen LogP contribution in [-0.4, -0.2) is 33.8 Å². The maximum atomic E-state index is 4.51. The van der Waals surface area contributed by atoms with Gasteiger partial charge in [0.25, 0.3) is 0 Å². The van der Waals surface area contributed by atoms with Gasteiger partial charge in [-0.3, -0.25) is 5.10 Å². The molecule has 5 heteroatoms. The van der Waals surface area contributed by atoms with E-state index in [0.717, 1.165) is 43.1 Å². The molecule has 0 bridgehead atoms. The molecule has 102 valence electrons. The first-order chi connectivity index (χ1) is 9.19. The Balaban J connectivity index is 2.03. The zero-order chi connectivity index (χ0) is 13.7. The van der Waals surface area contributed by atoms with Gasteiger partial charge in [0.15, 0.2) is 0 Å². The van der Waals surface area contributed by atoms with Crippen LogP contribution in [0, 0.1) is 6.92 Å². The summed E-state index contributed by atoms with van der Waals surface area (Å²) in [7, 11) is 2.07. The highest BCUT2D eigenvalue weighted by Gasteiger charge is 2.07. The van der Waals surface area contributed by atoms with Crippen LogP contribution in [0.2, 0.25) is 0 Å². The van der Waals surface area contributed by atoms with Crippen LogP contribution >= 0.6 is 0 Å². The summed E-state index contributed by atoms with van der Waals surface area (Å²) in [6.45, 7) is 5.04. The van der Waals surface area contributed by atoms with Crippen LogP contribution in [0.15, 0.2) is 18.5 Å². The monoisotopic (exact) mass is 259 g/mol. The highest BCUT2D eigenvalue weighted by molar-refractivity contribution is 5.39. The highest BCUT2D eigenvalue weighted by Crippen LogP contribution is 2.13. The molecule has 5 nitrogen and oxygen atoms in total. The molecule has 0 fully saturated rings. The second-order valence-corrected chi connectivity index (χ2v) is 4.79. The van der Waals surface area contributed by atoms with Crippen molar-refractivity contribution < 1.29 is 0 Å². The Morgan fingerprint density at radius 3 is 2.79 bits per heavy atom. The summed E-state index contributed by atoms with van der Waals surface area (Å²) >= 11 is 0. The lowest BCUT2D eigenvalue weighted by Crippen LogP contribution is -2.22. The molecule has 19 heavy (non-hydrogen) atoms. The Morgan fingerprint density at radius 2 is 2.11 bits per heavy atom. The Morgan fingerprint density at radius 1 is 1.26 bits per heavy atom. The zero-order valence-electron chi connectivity index (χ0n) is 11.8. The van der Waals surface area contributed by atoms with Gasteiger partial charge in [-0.05, 0) is 25.3 Å². The summed E-state index contributed by atoms with van der Waals surface area (Å²) in [5, 5.41) is 6.79. The average molecular weight is 259 g/mol. The van der Waals surface area contributed by atoms with Gasteiger partial charge in [-0.15, -0.1) is 0 Å². The summed E-state index contributed by atoms with van der Waals surface area (Å²) in [4.78, 5) is 11.1. The number of nitrogens with one attached hydrogen (secondary N) is 1.